The number of aromatic nitrogens is 2. The van der Waals surface area contributed by atoms with Gasteiger partial charge in [-0.1, -0.05) is 12.1 Å². The number of rotatable bonds is 1. The van der Waals surface area contributed by atoms with E-state index >= 15 is 0 Å². The SMILES string of the molecule is Fc1ccccc1-c1ncc2ccc(Br)cn12. The summed E-state index contributed by atoms with van der Waals surface area (Å²) in [5.41, 5.74) is 1.44. The average Bonchev–Trinajstić information content (AvgIpc) is 2.72. The Morgan fingerprint density at radius 2 is 1.94 bits per heavy atom. The molecule has 0 saturated heterocycles. The Balaban J connectivity index is 2.31. The van der Waals surface area contributed by atoms with Crippen LogP contribution in [0.1, 0.15) is 0 Å². The topological polar surface area (TPSA) is 17.3 Å². The van der Waals surface area contributed by atoms with Crippen molar-refractivity contribution in [3.8, 4) is 11.4 Å². The molecule has 0 amide bonds. The molecule has 2 heterocycles. The number of hydrogen-bond acceptors (Lipinski definition) is 1. The summed E-state index contributed by atoms with van der Waals surface area (Å²) in [4.78, 5) is 4.27. The normalized spacial score (nSPS) is 10.9. The van der Waals surface area contributed by atoms with Gasteiger partial charge in [-0.2, -0.15) is 0 Å². The van der Waals surface area contributed by atoms with Gasteiger partial charge in [0, 0.05) is 10.7 Å². The summed E-state index contributed by atoms with van der Waals surface area (Å²) in [6, 6.07) is 10.5. The highest BCUT2D eigenvalue weighted by molar-refractivity contribution is 9.10. The number of pyridine rings is 1. The van der Waals surface area contributed by atoms with E-state index in [0.29, 0.717) is 11.4 Å². The zero-order chi connectivity index (χ0) is 11.8. The largest absolute Gasteiger partial charge is 0.299 e. The van der Waals surface area contributed by atoms with Gasteiger partial charge in [-0.25, -0.2) is 9.37 Å². The van der Waals surface area contributed by atoms with E-state index in [4.69, 9.17) is 0 Å². The molecule has 0 bridgehead atoms. The van der Waals surface area contributed by atoms with Crippen LogP contribution < -0.4 is 0 Å². The Morgan fingerprint density at radius 1 is 1.12 bits per heavy atom. The van der Waals surface area contributed by atoms with Gasteiger partial charge in [0.15, 0.2) is 0 Å². The molecule has 0 fully saturated rings. The molecule has 2 nitrogen and oxygen atoms in total. The zero-order valence-electron chi connectivity index (χ0n) is 8.77. The molecule has 0 N–H and O–H groups in total. The highest BCUT2D eigenvalue weighted by Crippen LogP contribution is 2.23. The first-order valence-corrected chi connectivity index (χ1v) is 5.92. The van der Waals surface area contributed by atoms with Gasteiger partial charge < -0.3 is 0 Å². The molecule has 0 aliphatic rings. The molecule has 1 aromatic carbocycles. The average molecular weight is 291 g/mol. The van der Waals surface area contributed by atoms with Crippen LogP contribution in [0.5, 0.6) is 0 Å². The molecule has 4 heteroatoms. The predicted octanol–water partition coefficient (Wildman–Crippen LogP) is 3.90. The van der Waals surface area contributed by atoms with Crippen molar-refractivity contribution in [3.63, 3.8) is 0 Å². The van der Waals surface area contributed by atoms with Crippen LogP contribution in [0.3, 0.4) is 0 Å². The Kier molecular flexibility index (Phi) is 2.44. The fourth-order valence-corrected chi connectivity index (χ4v) is 2.14. The number of benzene rings is 1. The maximum absolute atomic E-state index is 13.7. The Labute approximate surface area is 106 Å². The molecule has 0 spiro atoms. The second-order valence-electron chi connectivity index (χ2n) is 3.70. The van der Waals surface area contributed by atoms with Crippen LogP contribution in [0.25, 0.3) is 16.9 Å². The lowest BCUT2D eigenvalue weighted by molar-refractivity contribution is 0.630. The molecule has 17 heavy (non-hydrogen) atoms. The monoisotopic (exact) mass is 290 g/mol. The third-order valence-corrected chi connectivity index (χ3v) is 3.08. The minimum Gasteiger partial charge on any atom is -0.299 e. The van der Waals surface area contributed by atoms with Crippen molar-refractivity contribution in [1.29, 1.82) is 0 Å². The van der Waals surface area contributed by atoms with Crippen LogP contribution >= 0.6 is 15.9 Å². The minimum absolute atomic E-state index is 0.264. The van der Waals surface area contributed by atoms with Crippen molar-refractivity contribution in [2.45, 2.75) is 0 Å². The van der Waals surface area contributed by atoms with Gasteiger partial charge in [0.1, 0.15) is 11.6 Å². The van der Waals surface area contributed by atoms with Gasteiger partial charge in [0.25, 0.3) is 0 Å². The van der Waals surface area contributed by atoms with Crippen molar-refractivity contribution in [2.24, 2.45) is 0 Å². The lowest BCUT2D eigenvalue weighted by atomic mass is 10.2. The highest BCUT2D eigenvalue weighted by atomic mass is 79.9. The first-order chi connectivity index (χ1) is 8.25. The fraction of sp³-hybridized carbons (Fsp3) is 0. The van der Waals surface area contributed by atoms with Crippen LogP contribution in [0, 0.1) is 5.82 Å². The summed E-state index contributed by atoms with van der Waals surface area (Å²) < 4.78 is 16.5. The predicted molar refractivity (Wildman–Crippen MR) is 68.3 cm³/mol. The molecule has 0 atom stereocenters. The standard InChI is InChI=1S/C13H8BrFN2/c14-9-5-6-10-7-16-13(17(10)8-9)11-3-1-2-4-12(11)15/h1-8H. The van der Waals surface area contributed by atoms with Crippen molar-refractivity contribution < 1.29 is 4.39 Å². The van der Waals surface area contributed by atoms with Gasteiger partial charge in [0.05, 0.1) is 17.3 Å². The molecule has 0 aliphatic heterocycles. The van der Waals surface area contributed by atoms with Crippen LogP contribution in [0.4, 0.5) is 4.39 Å². The van der Waals surface area contributed by atoms with Crippen molar-refractivity contribution >= 4 is 21.4 Å². The summed E-state index contributed by atoms with van der Waals surface area (Å²) in [6.45, 7) is 0. The van der Waals surface area contributed by atoms with Gasteiger partial charge in [-0.05, 0) is 40.2 Å². The van der Waals surface area contributed by atoms with Crippen LogP contribution in [0.15, 0.2) is 53.3 Å². The van der Waals surface area contributed by atoms with E-state index in [1.165, 1.54) is 6.07 Å². The number of imidazole rings is 1. The van der Waals surface area contributed by atoms with Gasteiger partial charge >= 0.3 is 0 Å². The molecule has 3 rings (SSSR count). The van der Waals surface area contributed by atoms with E-state index in [1.54, 1.807) is 24.4 Å². The maximum atomic E-state index is 13.7. The number of nitrogens with zero attached hydrogens (tertiary/aromatic N) is 2. The summed E-state index contributed by atoms with van der Waals surface area (Å²) in [6.07, 6.45) is 3.61. The molecule has 0 aliphatic carbocycles. The first-order valence-electron chi connectivity index (χ1n) is 5.13. The molecule has 3 aromatic rings. The van der Waals surface area contributed by atoms with E-state index < -0.39 is 0 Å². The Bertz CT molecular complexity index is 691. The summed E-state index contributed by atoms with van der Waals surface area (Å²) in [7, 11) is 0. The minimum atomic E-state index is -0.264. The van der Waals surface area contributed by atoms with Crippen molar-refractivity contribution in [2.75, 3.05) is 0 Å². The lowest BCUT2D eigenvalue weighted by Crippen LogP contribution is -1.91. The third-order valence-electron chi connectivity index (χ3n) is 2.61. The van der Waals surface area contributed by atoms with Crippen molar-refractivity contribution in [1.82, 2.24) is 9.38 Å². The first kappa shape index (κ1) is 10.5. The number of fused-ring (bicyclic) bond motifs is 1. The van der Waals surface area contributed by atoms with E-state index in [1.807, 2.05) is 22.7 Å². The molecular formula is C13H8BrFN2. The molecule has 2 aromatic heterocycles. The number of halogens is 2. The van der Waals surface area contributed by atoms with Crippen LogP contribution in [0.2, 0.25) is 0 Å². The van der Waals surface area contributed by atoms with Gasteiger partial charge in [-0.15, -0.1) is 0 Å². The van der Waals surface area contributed by atoms with Gasteiger partial charge in [0.2, 0.25) is 0 Å². The van der Waals surface area contributed by atoms with Gasteiger partial charge in [-0.3, -0.25) is 4.40 Å². The summed E-state index contributed by atoms with van der Waals surface area (Å²) >= 11 is 3.40. The van der Waals surface area contributed by atoms with E-state index in [9.17, 15) is 4.39 Å². The lowest BCUT2D eigenvalue weighted by Gasteiger charge is -2.03. The number of hydrogen-bond donors (Lipinski definition) is 0. The summed E-state index contributed by atoms with van der Waals surface area (Å²) in [5, 5.41) is 0. The quantitative estimate of drug-likeness (QED) is 0.664. The maximum Gasteiger partial charge on any atom is 0.147 e. The van der Waals surface area contributed by atoms with Crippen LogP contribution in [-0.2, 0) is 0 Å². The second kappa shape index (κ2) is 3.96. The molecule has 0 radical (unpaired) electrons. The highest BCUT2D eigenvalue weighted by Gasteiger charge is 2.10. The summed E-state index contributed by atoms with van der Waals surface area (Å²) in [5.74, 6) is 0.347. The zero-order valence-corrected chi connectivity index (χ0v) is 10.4. The third kappa shape index (κ3) is 1.74. The Morgan fingerprint density at radius 3 is 2.76 bits per heavy atom. The van der Waals surface area contributed by atoms with E-state index in [0.717, 1.165) is 9.99 Å². The van der Waals surface area contributed by atoms with Crippen LogP contribution in [-0.4, -0.2) is 9.38 Å². The molecule has 84 valence electrons. The van der Waals surface area contributed by atoms with E-state index in [-0.39, 0.29) is 5.82 Å². The van der Waals surface area contributed by atoms with E-state index in [2.05, 4.69) is 20.9 Å². The smallest absolute Gasteiger partial charge is 0.147 e. The molecule has 0 unspecified atom stereocenters. The fourth-order valence-electron chi connectivity index (χ4n) is 1.81. The molecular weight excluding hydrogens is 283 g/mol. The van der Waals surface area contributed by atoms with Crippen molar-refractivity contribution in [3.05, 3.63) is 59.1 Å². The Hall–Kier alpha value is -1.68. The molecule has 0 saturated carbocycles. The second-order valence-corrected chi connectivity index (χ2v) is 4.62.